The predicted octanol–water partition coefficient (Wildman–Crippen LogP) is 4.05. The SMILES string of the molecule is COc1ccc(Cl)cc1NC(=O)c1cc(NCCc2ccccc2)ncn1. The normalized spacial score (nSPS) is 10.3. The monoisotopic (exact) mass is 382 g/mol. The summed E-state index contributed by atoms with van der Waals surface area (Å²) < 4.78 is 5.24. The van der Waals surface area contributed by atoms with Crippen molar-refractivity contribution >= 4 is 29.0 Å². The quantitative estimate of drug-likeness (QED) is 0.644. The molecule has 2 N–H and O–H groups in total. The molecule has 3 rings (SSSR count). The fraction of sp³-hybridized carbons (Fsp3) is 0.150. The predicted molar refractivity (Wildman–Crippen MR) is 107 cm³/mol. The van der Waals surface area contributed by atoms with Crippen LogP contribution < -0.4 is 15.4 Å². The summed E-state index contributed by atoms with van der Waals surface area (Å²) in [7, 11) is 1.53. The zero-order chi connectivity index (χ0) is 19.1. The van der Waals surface area contributed by atoms with Crippen LogP contribution in [-0.4, -0.2) is 29.5 Å². The van der Waals surface area contributed by atoms with E-state index >= 15 is 0 Å². The maximum absolute atomic E-state index is 12.5. The third kappa shape index (κ3) is 5.18. The number of rotatable bonds is 7. The highest BCUT2D eigenvalue weighted by Crippen LogP contribution is 2.28. The fourth-order valence-corrected chi connectivity index (χ4v) is 2.69. The standard InChI is InChI=1S/C20H19ClN4O2/c1-27-18-8-7-15(21)11-16(18)25-20(26)17-12-19(24-13-23-17)22-10-9-14-5-3-2-4-6-14/h2-8,11-13H,9-10H2,1H3,(H,25,26)(H,22,23,24). The number of carbonyl (C=O) groups is 1. The smallest absolute Gasteiger partial charge is 0.274 e. The van der Waals surface area contributed by atoms with E-state index < -0.39 is 0 Å². The molecule has 0 aliphatic carbocycles. The van der Waals surface area contributed by atoms with Crippen molar-refractivity contribution in [3.63, 3.8) is 0 Å². The van der Waals surface area contributed by atoms with Gasteiger partial charge in [-0.25, -0.2) is 9.97 Å². The van der Waals surface area contributed by atoms with Crippen molar-refractivity contribution in [1.82, 2.24) is 9.97 Å². The Balaban J connectivity index is 1.64. The molecule has 6 nitrogen and oxygen atoms in total. The van der Waals surface area contributed by atoms with Crippen LogP contribution in [0.4, 0.5) is 11.5 Å². The summed E-state index contributed by atoms with van der Waals surface area (Å²) in [6.45, 7) is 0.699. The molecular weight excluding hydrogens is 364 g/mol. The van der Waals surface area contributed by atoms with Crippen molar-refractivity contribution in [3.05, 3.63) is 77.2 Å². The van der Waals surface area contributed by atoms with Gasteiger partial charge in [-0.05, 0) is 30.2 Å². The minimum absolute atomic E-state index is 0.245. The largest absolute Gasteiger partial charge is 0.495 e. The molecule has 1 amide bonds. The maximum Gasteiger partial charge on any atom is 0.274 e. The Kier molecular flexibility index (Phi) is 6.22. The van der Waals surface area contributed by atoms with Gasteiger partial charge in [-0.3, -0.25) is 4.79 Å². The van der Waals surface area contributed by atoms with Gasteiger partial charge in [0.25, 0.3) is 5.91 Å². The number of hydrogen-bond donors (Lipinski definition) is 2. The van der Waals surface area contributed by atoms with Crippen molar-refractivity contribution < 1.29 is 9.53 Å². The van der Waals surface area contributed by atoms with Crippen molar-refractivity contribution in [2.75, 3.05) is 24.3 Å². The number of ether oxygens (including phenoxy) is 1. The van der Waals surface area contributed by atoms with E-state index in [4.69, 9.17) is 16.3 Å². The van der Waals surface area contributed by atoms with Crippen molar-refractivity contribution in [2.45, 2.75) is 6.42 Å². The second-order valence-electron chi connectivity index (χ2n) is 5.75. The Morgan fingerprint density at radius 2 is 1.93 bits per heavy atom. The van der Waals surface area contributed by atoms with E-state index in [1.807, 2.05) is 18.2 Å². The van der Waals surface area contributed by atoms with Crippen LogP contribution in [0, 0.1) is 0 Å². The second-order valence-corrected chi connectivity index (χ2v) is 6.19. The molecule has 1 heterocycles. The van der Waals surface area contributed by atoms with E-state index in [9.17, 15) is 4.79 Å². The Hall–Kier alpha value is -3.12. The van der Waals surface area contributed by atoms with Crippen LogP contribution in [0.25, 0.3) is 0 Å². The molecule has 0 aliphatic heterocycles. The number of anilines is 2. The van der Waals surface area contributed by atoms with Gasteiger partial charge in [0.1, 0.15) is 23.6 Å². The lowest BCUT2D eigenvalue weighted by atomic mass is 10.1. The average molecular weight is 383 g/mol. The van der Waals surface area contributed by atoms with Crippen LogP contribution in [0.15, 0.2) is 60.9 Å². The average Bonchev–Trinajstić information content (AvgIpc) is 2.69. The first-order valence-corrected chi connectivity index (χ1v) is 8.78. The van der Waals surface area contributed by atoms with Gasteiger partial charge in [-0.1, -0.05) is 41.9 Å². The number of hydrogen-bond acceptors (Lipinski definition) is 5. The van der Waals surface area contributed by atoms with Gasteiger partial charge in [0.05, 0.1) is 12.8 Å². The molecule has 7 heteroatoms. The molecule has 2 aromatic carbocycles. The van der Waals surface area contributed by atoms with Gasteiger partial charge < -0.3 is 15.4 Å². The Labute approximate surface area is 162 Å². The van der Waals surface area contributed by atoms with Crippen LogP contribution in [-0.2, 0) is 6.42 Å². The number of amides is 1. The molecule has 0 aliphatic rings. The zero-order valence-electron chi connectivity index (χ0n) is 14.8. The van der Waals surface area contributed by atoms with E-state index in [0.717, 1.165) is 6.42 Å². The topological polar surface area (TPSA) is 76.1 Å². The number of methoxy groups -OCH3 is 1. The lowest BCUT2D eigenvalue weighted by molar-refractivity contribution is 0.102. The third-order valence-corrected chi connectivity index (χ3v) is 4.11. The minimum atomic E-state index is -0.371. The number of aromatic nitrogens is 2. The summed E-state index contributed by atoms with van der Waals surface area (Å²) >= 11 is 5.99. The molecule has 0 fully saturated rings. The highest BCUT2D eigenvalue weighted by molar-refractivity contribution is 6.31. The zero-order valence-corrected chi connectivity index (χ0v) is 15.5. The summed E-state index contributed by atoms with van der Waals surface area (Å²) in [4.78, 5) is 20.7. The van der Waals surface area contributed by atoms with Crippen LogP contribution >= 0.6 is 11.6 Å². The van der Waals surface area contributed by atoms with Crippen molar-refractivity contribution in [1.29, 1.82) is 0 Å². The van der Waals surface area contributed by atoms with Crippen LogP contribution in [0.1, 0.15) is 16.1 Å². The molecule has 0 saturated carbocycles. The highest BCUT2D eigenvalue weighted by Gasteiger charge is 2.12. The first kappa shape index (κ1) is 18.7. The van der Waals surface area contributed by atoms with Gasteiger partial charge in [-0.2, -0.15) is 0 Å². The lowest BCUT2D eigenvalue weighted by Gasteiger charge is -2.11. The number of halogens is 1. The number of nitrogens with zero attached hydrogens (tertiary/aromatic N) is 2. The number of nitrogens with one attached hydrogen (secondary N) is 2. The summed E-state index contributed by atoms with van der Waals surface area (Å²) in [5, 5.41) is 6.47. The first-order chi connectivity index (χ1) is 13.2. The molecule has 0 spiro atoms. The number of benzene rings is 2. The van der Waals surface area contributed by atoms with Gasteiger partial charge >= 0.3 is 0 Å². The van der Waals surface area contributed by atoms with E-state index in [-0.39, 0.29) is 11.6 Å². The molecule has 0 radical (unpaired) electrons. The highest BCUT2D eigenvalue weighted by atomic mass is 35.5. The third-order valence-electron chi connectivity index (χ3n) is 3.87. The van der Waals surface area contributed by atoms with E-state index in [1.54, 1.807) is 24.3 Å². The Morgan fingerprint density at radius 1 is 1.11 bits per heavy atom. The summed E-state index contributed by atoms with van der Waals surface area (Å²) in [5.41, 5.74) is 1.95. The first-order valence-electron chi connectivity index (χ1n) is 8.40. The van der Waals surface area contributed by atoms with Crippen LogP contribution in [0.3, 0.4) is 0 Å². The number of carbonyl (C=O) groups excluding carboxylic acids is 1. The van der Waals surface area contributed by atoms with Crippen LogP contribution in [0.2, 0.25) is 5.02 Å². The van der Waals surface area contributed by atoms with Crippen molar-refractivity contribution in [3.8, 4) is 5.75 Å². The summed E-state index contributed by atoms with van der Waals surface area (Å²) in [5.74, 6) is 0.733. The molecule has 0 atom stereocenters. The fourth-order valence-electron chi connectivity index (χ4n) is 2.52. The van der Waals surface area contributed by atoms with E-state index in [1.165, 1.54) is 19.0 Å². The van der Waals surface area contributed by atoms with Gasteiger partial charge in [0.2, 0.25) is 0 Å². The molecule has 138 valence electrons. The molecule has 3 aromatic rings. The minimum Gasteiger partial charge on any atom is -0.495 e. The molecule has 0 saturated heterocycles. The summed E-state index contributed by atoms with van der Waals surface area (Å²) in [6.07, 6.45) is 2.21. The Morgan fingerprint density at radius 3 is 2.70 bits per heavy atom. The lowest BCUT2D eigenvalue weighted by Crippen LogP contribution is -2.15. The van der Waals surface area contributed by atoms with Gasteiger partial charge in [0.15, 0.2) is 0 Å². The molecule has 0 bridgehead atoms. The van der Waals surface area contributed by atoms with Gasteiger partial charge in [-0.15, -0.1) is 0 Å². The van der Waals surface area contributed by atoms with Crippen LogP contribution in [0.5, 0.6) is 5.75 Å². The molecular formula is C20H19ClN4O2. The van der Waals surface area contributed by atoms with E-state index in [2.05, 4.69) is 32.7 Å². The second kappa shape index (κ2) is 9.00. The van der Waals surface area contributed by atoms with Crippen molar-refractivity contribution in [2.24, 2.45) is 0 Å². The summed E-state index contributed by atoms with van der Waals surface area (Å²) in [6, 6.07) is 16.7. The molecule has 0 unspecified atom stereocenters. The molecule has 27 heavy (non-hydrogen) atoms. The van der Waals surface area contributed by atoms with E-state index in [0.29, 0.717) is 28.8 Å². The van der Waals surface area contributed by atoms with Gasteiger partial charge in [0, 0.05) is 17.6 Å². The maximum atomic E-state index is 12.5. The molecule has 1 aromatic heterocycles. The Bertz CT molecular complexity index is 919.